The summed E-state index contributed by atoms with van der Waals surface area (Å²) >= 11 is 0. The molecule has 2 rings (SSSR count). The normalized spacial score (nSPS) is 11.9. The van der Waals surface area contributed by atoms with Gasteiger partial charge >= 0.3 is 5.97 Å². The first-order valence-corrected chi connectivity index (χ1v) is 6.12. The molecule has 1 N–H and O–H groups in total. The van der Waals surface area contributed by atoms with E-state index in [1.54, 1.807) is 19.1 Å². The van der Waals surface area contributed by atoms with Gasteiger partial charge in [0, 0.05) is 11.5 Å². The molecule has 3 nitrogen and oxygen atoms in total. The maximum absolute atomic E-state index is 12.8. The Balaban J connectivity index is 2.22. The molecule has 2 aromatic carbocycles. The number of ketones is 1. The van der Waals surface area contributed by atoms with Crippen LogP contribution in [0.2, 0.25) is 0 Å². The molecule has 20 heavy (non-hydrogen) atoms. The van der Waals surface area contributed by atoms with Crippen LogP contribution in [0.4, 0.5) is 4.39 Å². The van der Waals surface area contributed by atoms with Crippen molar-refractivity contribution in [2.45, 2.75) is 12.8 Å². The number of carboxylic acid groups (broad SMARTS) is 1. The fraction of sp³-hybridized carbons (Fsp3) is 0.125. The predicted octanol–water partition coefficient (Wildman–Crippen LogP) is 3.51. The Morgan fingerprint density at radius 2 is 1.45 bits per heavy atom. The summed E-state index contributed by atoms with van der Waals surface area (Å²) < 4.78 is 12.8. The van der Waals surface area contributed by atoms with Crippen molar-refractivity contribution >= 4 is 11.8 Å². The van der Waals surface area contributed by atoms with Gasteiger partial charge in [0.05, 0.1) is 5.56 Å². The van der Waals surface area contributed by atoms with E-state index in [1.165, 1.54) is 36.4 Å². The summed E-state index contributed by atoms with van der Waals surface area (Å²) in [5.41, 5.74) is 1.33. The van der Waals surface area contributed by atoms with Gasteiger partial charge in [-0.15, -0.1) is 0 Å². The molecule has 0 saturated carbocycles. The van der Waals surface area contributed by atoms with Crippen molar-refractivity contribution in [2.75, 3.05) is 0 Å². The largest absolute Gasteiger partial charge is 0.478 e. The first-order valence-electron chi connectivity index (χ1n) is 6.12. The van der Waals surface area contributed by atoms with E-state index in [0.29, 0.717) is 5.56 Å². The van der Waals surface area contributed by atoms with Gasteiger partial charge in [-0.1, -0.05) is 19.1 Å². The molecule has 2 aromatic rings. The van der Waals surface area contributed by atoms with Gasteiger partial charge in [0.1, 0.15) is 5.82 Å². The Morgan fingerprint density at radius 1 is 0.950 bits per heavy atom. The second-order valence-corrected chi connectivity index (χ2v) is 4.52. The quantitative estimate of drug-likeness (QED) is 0.866. The zero-order valence-electron chi connectivity index (χ0n) is 10.8. The number of hydrogen-bond acceptors (Lipinski definition) is 2. The molecule has 0 saturated heterocycles. The number of halogens is 1. The van der Waals surface area contributed by atoms with Gasteiger partial charge in [-0.3, -0.25) is 4.79 Å². The number of aromatic carboxylic acids is 1. The Hall–Kier alpha value is -2.49. The summed E-state index contributed by atoms with van der Waals surface area (Å²) in [6.45, 7) is 1.74. The summed E-state index contributed by atoms with van der Waals surface area (Å²) in [7, 11) is 0. The maximum Gasteiger partial charge on any atom is 0.335 e. The van der Waals surface area contributed by atoms with Crippen molar-refractivity contribution in [3.05, 3.63) is 71.0 Å². The first-order chi connectivity index (χ1) is 9.49. The van der Waals surface area contributed by atoms with E-state index in [0.717, 1.165) is 5.56 Å². The van der Waals surface area contributed by atoms with Crippen LogP contribution in [0.5, 0.6) is 0 Å². The second kappa shape index (κ2) is 5.65. The molecular formula is C16H13FO3. The highest BCUT2D eigenvalue weighted by Gasteiger charge is 2.17. The van der Waals surface area contributed by atoms with E-state index in [2.05, 4.69) is 0 Å². The van der Waals surface area contributed by atoms with E-state index in [4.69, 9.17) is 5.11 Å². The molecule has 0 aliphatic carbocycles. The van der Waals surface area contributed by atoms with Gasteiger partial charge in [-0.25, -0.2) is 9.18 Å². The van der Waals surface area contributed by atoms with E-state index < -0.39 is 11.9 Å². The lowest BCUT2D eigenvalue weighted by Gasteiger charge is -2.11. The SMILES string of the molecule is CC(C(=O)c1ccc(F)cc1)c1ccc(C(=O)O)cc1. The standard InChI is InChI=1S/C16H13FO3/c1-10(11-2-4-13(5-3-11)16(19)20)15(18)12-6-8-14(17)9-7-12/h2-10H,1H3,(H,19,20). The minimum Gasteiger partial charge on any atom is -0.478 e. The molecule has 0 heterocycles. The number of hydrogen-bond donors (Lipinski definition) is 1. The van der Waals surface area contributed by atoms with Crippen LogP contribution in [0, 0.1) is 5.82 Å². The number of Topliss-reactive ketones (excluding diaryl/α,β-unsaturated/α-hetero) is 1. The molecule has 0 aliphatic rings. The Labute approximate surface area is 115 Å². The summed E-state index contributed by atoms with van der Waals surface area (Å²) in [6.07, 6.45) is 0. The maximum atomic E-state index is 12.8. The molecule has 1 unspecified atom stereocenters. The lowest BCUT2D eigenvalue weighted by molar-refractivity contribution is 0.0696. The fourth-order valence-corrected chi connectivity index (χ4v) is 1.93. The third-order valence-corrected chi connectivity index (χ3v) is 3.18. The number of carbonyl (C=O) groups excluding carboxylic acids is 1. The predicted molar refractivity (Wildman–Crippen MR) is 72.5 cm³/mol. The van der Waals surface area contributed by atoms with Crippen LogP contribution in [0.25, 0.3) is 0 Å². The molecule has 0 amide bonds. The van der Waals surface area contributed by atoms with Gasteiger partial charge < -0.3 is 5.11 Å². The van der Waals surface area contributed by atoms with Crippen molar-refractivity contribution in [3.8, 4) is 0 Å². The summed E-state index contributed by atoms with van der Waals surface area (Å²) in [5, 5.41) is 8.83. The first kappa shape index (κ1) is 13.9. The van der Waals surface area contributed by atoms with Crippen molar-refractivity contribution in [1.82, 2.24) is 0 Å². The number of carboxylic acids is 1. The van der Waals surface area contributed by atoms with Gasteiger partial charge in [-0.05, 0) is 42.0 Å². The van der Waals surface area contributed by atoms with Gasteiger partial charge in [-0.2, -0.15) is 0 Å². The molecule has 0 bridgehead atoms. The lowest BCUT2D eigenvalue weighted by atomic mass is 9.92. The molecule has 1 atom stereocenters. The number of carbonyl (C=O) groups is 2. The monoisotopic (exact) mass is 272 g/mol. The molecule has 0 spiro atoms. The van der Waals surface area contributed by atoms with Gasteiger partial charge in [0.2, 0.25) is 0 Å². The zero-order chi connectivity index (χ0) is 14.7. The Bertz CT molecular complexity index is 630. The third-order valence-electron chi connectivity index (χ3n) is 3.18. The van der Waals surface area contributed by atoms with Crippen LogP contribution in [0.15, 0.2) is 48.5 Å². The summed E-state index contributed by atoms with van der Waals surface area (Å²) in [6, 6.07) is 11.5. The molecule has 102 valence electrons. The Kier molecular flexibility index (Phi) is 3.94. The fourth-order valence-electron chi connectivity index (χ4n) is 1.93. The van der Waals surface area contributed by atoms with Crippen molar-refractivity contribution < 1.29 is 19.1 Å². The number of benzene rings is 2. The highest BCUT2D eigenvalue weighted by atomic mass is 19.1. The molecule has 0 radical (unpaired) electrons. The highest BCUT2D eigenvalue weighted by molar-refractivity contribution is 6.00. The van der Waals surface area contributed by atoms with Crippen molar-refractivity contribution in [2.24, 2.45) is 0 Å². The molecule has 4 heteroatoms. The molecular weight excluding hydrogens is 259 g/mol. The van der Waals surface area contributed by atoms with Crippen LogP contribution in [0.3, 0.4) is 0 Å². The smallest absolute Gasteiger partial charge is 0.335 e. The summed E-state index contributed by atoms with van der Waals surface area (Å²) in [5.74, 6) is -1.94. The van der Waals surface area contributed by atoms with Gasteiger partial charge in [0.15, 0.2) is 5.78 Å². The lowest BCUT2D eigenvalue weighted by Crippen LogP contribution is -2.10. The minimum atomic E-state index is -1.01. The highest BCUT2D eigenvalue weighted by Crippen LogP contribution is 2.21. The van der Waals surface area contributed by atoms with Crippen LogP contribution in [-0.2, 0) is 0 Å². The van der Waals surface area contributed by atoms with Crippen molar-refractivity contribution in [3.63, 3.8) is 0 Å². The molecule has 0 aliphatic heterocycles. The minimum absolute atomic E-state index is 0.131. The number of rotatable bonds is 4. The average Bonchev–Trinajstić information content (AvgIpc) is 2.46. The van der Waals surface area contributed by atoms with E-state index in [1.807, 2.05) is 0 Å². The summed E-state index contributed by atoms with van der Waals surface area (Å²) in [4.78, 5) is 23.0. The Morgan fingerprint density at radius 3 is 1.95 bits per heavy atom. The molecule has 0 aromatic heterocycles. The van der Waals surface area contributed by atoms with Gasteiger partial charge in [0.25, 0.3) is 0 Å². The van der Waals surface area contributed by atoms with Crippen LogP contribution < -0.4 is 0 Å². The average molecular weight is 272 g/mol. The van der Waals surface area contributed by atoms with E-state index in [-0.39, 0.29) is 17.2 Å². The third kappa shape index (κ3) is 2.91. The second-order valence-electron chi connectivity index (χ2n) is 4.52. The van der Waals surface area contributed by atoms with E-state index >= 15 is 0 Å². The van der Waals surface area contributed by atoms with Crippen LogP contribution in [-0.4, -0.2) is 16.9 Å². The molecule has 0 fully saturated rings. The van der Waals surface area contributed by atoms with Crippen LogP contribution in [0.1, 0.15) is 39.1 Å². The van der Waals surface area contributed by atoms with Crippen LogP contribution >= 0.6 is 0 Å². The van der Waals surface area contributed by atoms with Crippen molar-refractivity contribution in [1.29, 1.82) is 0 Å². The topological polar surface area (TPSA) is 54.4 Å². The van der Waals surface area contributed by atoms with E-state index in [9.17, 15) is 14.0 Å². The zero-order valence-corrected chi connectivity index (χ0v) is 10.8.